The molecule has 1 saturated carbocycles. The van der Waals surface area contributed by atoms with Gasteiger partial charge in [-0.25, -0.2) is 0 Å². The Morgan fingerprint density at radius 3 is 3.05 bits per heavy atom. The van der Waals surface area contributed by atoms with Gasteiger partial charge in [-0.15, -0.1) is 0 Å². The van der Waals surface area contributed by atoms with Crippen LogP contribution in [0.1, 0.15) is 43.4 Å². The van der Waals surface area contributed by atoms with Gasteiger partial charge >= 0.3 is 0 Å². The Bertz CT molecular complexity index is 688. The topological polar surface area (TPSA) is 16.4 Å². The van der Waals surface area contributed by atoms with Crippen LogP contribution in [0, 0.1) is 11.8 Å². The second-order valence-electron chi connectivity index (χ2n) is 7.29. The highest BCUT2D eigenvalue weighted by Crippen LogP contribution is 2.51. The molecule has 5 unspecified atom stereocenters. The van der Waals surface area contributed by atoms with Gasteiger partial charge < -0.3 is 4.42 Å². The minimum absolute atomic E-state index is 0.646. The van der Waals surface area contributed by atoms with Crippen LogP contribution >= 0.6 is 0 Å². The van der Waals surface area contributed by atoms with Crippen molar-refractivity contribution in [1.82, 2.24) is 4.90 Å². The summed E-state index contributed by atoms with van der Waals surface area (Å²) >= 11 is 0. The van der Waals surface area contributed by atoms with E-state index in [0.29, 0.717) is 5.92 Å². The van der Waals surface area contributed by atoms with Gasteiger partial charge in [0.2, 0.25) is 0 Å². The summed E-state index contributed by atoms with van der Waals surface area (Å²) in [6.45, 7) is 4.93. The number of hydrogen-bond acceptors (Lipinski definition) is 2. The third-order valence-electron chi connectivity index (χ3n) is 6.27. The maximum absolute atomic E-state index is 6.38. The monoisotopic (exact) mass is 281 g/mol. The second-order valence-corrected chi connectivity index (χ2v) is 7.29. The Morgan fingerprint density at radius 1 is 1.24 bits per heavy atom. The molecule has 4 aliphatic rings. The van der Waals surface area contributed by atoms with Crippen LogP contribution in [0.3, 0.4) is 0 Å². The van der Waals surface area contributed by atoms with Crippen molar-refractivity contribution in [3.8, 4) is 0 Å². The van der Waals surface area contributed by atoms with Crippen LogP contribution in [0.25, 0.3) is 11.0 Å². The smallest absolute Gasteiger partial charge is 0.134 e. The molecule has 3 fully saturated rings. The summed E-state index contributed by atoms with van der Waals surface area (Å²) in [4.78, 5) is 2.79. The van der Waals surface area contributed by atoms with Crippen LogP contribution in [-0.4, -0.2) is 24.0 Å². The molecule has 0 N–H and O–H groups in total. The molecule has 0 radical (unpaired) electrons. The molecule has 2 heteroatoms. The number of rotatable bonds is 1. The zero-order valence-electron chi connectivity index (χ0n) is 12.7. The van der Waals surface area contributed by atoms with Crippen molar-refractivity contribution in [3.63, 3.8) is 0 Å². The van der Waals surface area contributed by atoms with E-state index in [1.165, 1.54) is 55.5 Å². The van der Waals surface area contributed by atoms with Gasteiger partial charge in [0.15, 0.2) is 0 Å². The van der Waals surface area contributed by atoms with Gasteiger partial charge in [-0.05, 0) is 37.2 Å². The van der Waals surface area contributed by atoms with E-state index in [-0.39, 0.29) is 0 Å². The highest BCUT2D eigenvalue weighted by molar-refractivity contribution is 5.82. The van der Waals surface area contributed by atoms with Gasteiger partial charge in [0.1, 0.15) is 11.3 Å². The van der Waals surface area contributed by atoms with E-state index in [2.05, 4.69) is 36.1 Å². The zero-order valence-corrected chi connectivity index (χ0v) is 12.7. The van der Waals surface area contributed by atoms with Crippen LogP contribution in [0.2, 0.25) is 0 Å². The Hall–Kier alpha value is -1.28. The average molecular weight is 281 g/mol. The van der Waals surface area contributed by atoms with Crippen molar-refractivity contribution in [2.75, 3.05) is 13.1 Å². The van der Waals surface area contributed by atoms with E-state index < -0.39 is 0 Å². The number of piperidine rings is 2. The van der Waals surface area contributed by atoms with Gasteiger partial charge in [0, 0.05) is 36.0 Å². The first kappa shape index (κ1) is 12.3. The van der Waals surface area contributed by atoms with Crippen LogP contribution in [0.4, 0.5) is 0 Å². The molecule has 4 heterocycles. The summed E-state index contributed by atoms with van der Waals surface area (Å²) < 4.78 is 6.38. The fraction of sp³-hybridized carbons (Fsp3) is 0.579. The molecule has 6 rings (SSSR count). The molecule has 5 atom stereocenters. The van der Waals surface area contributed by atoms with Crippen molar-refractivity contribution in [3.05, 3.63) is 35.6 Å². The van der Waals surface area contributed by atoms with Crippen molar-refractivity contribution in [1.29, 1.82) is 0 Å². The van der Waals surface area contributed by atoms with Gasteiger partial charge in [0.05, 0.1) is 0 Å². The molecule has 0 spiro atoms. The summed E-state index contributed by atoms with van der Waals surface area (Å²) in [5, 5.41) is 1.37. The van der Waals surface area contributed by atoms with Crippen LogP contribution in [0.5, 0.6) is 0 Å². The molecular weight excluding hydrogens is 258 g/mol. The minimum Gasteiger partial charge on any atom is -0.460 e. The number of furan rings is 1. The Labute approximate surface area is 126 Å². The predicted octanol–water partition coefficient (Wildman–Crippen LogP) is 4.19. The van der Waals surface area contributed by atoms with Crippen LogP contribution < -0.4 is 0 Å². The molecule has 3 aliphatic heterocycles. The lowest BCUT2D eigenvalue weighted by Gasteiger charge is -2.52. The fourth-order valence-electron chi connectivity index (χ4n) is 5.49. The van der Waals surface area contributed by atoms with E-state index in [1.54, 1.807) is 0 Å². The zero-order chi connectivity index (χ0) is 14.0. The minimum atomic E-state index is 0.646. The van der Waals surface area contributed by atoms with E-state index >= 15 is 0 Å². The van der Waals surface area contributed by atoms with Crippen molar-refractivity contribution in [2.45, 2.75) is 44.6 Å². The molecular formula is C19H23NO. The number of nitrogens with zero attached hydrogens (tertiary/aromatic N) is 1. The maximum atomic E-state index is 6.38. The van der Waals surface area contributed by atoms with Gasteiger partial charge in [-0.1, -0.05) is 31.5 Å². The van der Waals surface area contributed by atoms with Crippen molar-refractivity contribution >= 4 is 11.0 Å². The predicted molar refractivity (Wildman–Crippen MR) is 84.5 cm³/mol. The molecule has 0 amide bonds. The standard InChI is InChI=1S/C19H23NO/c1-2-13-9-12-10-16-18(13)20(11-12)8-7-15-14-5-3-4-6-17(14)21-19(15)16/h3-6,12-13,16,18H,2,7-11H2,1H3. The number of benzene rings is 1. The highest BCUT2D eigenvalue weighted by atomic mass is 16.3. The SMILES string of the molecule is CCC1CC2CC3c4oc5ccccc5c4CCN(C2)C13. The number of hydrogen-bond donors (Lipinski definition) is 0. The first-order valence-corrected chi connectivity index (χ1v) is 8.59. The lowest BCUT2D eigenvalue weighted by molar-refractivity contribution is -0.0169. The lowest BCUT2D eigenvalue weighted by atomic mass is 9.65. The first-order chi connectivity index (χ1) is 10.3. The van der Waals surface area contributed by atoms with E-state index in [0.717, 1.165) is 23.5 Å². The van der Waals surface area contributed by atoms with E-state index in [9.17, 15) is 0 Å². The second kappa shape index (κ2) is 4.36. The summed E-state index contributed by atoms with van der Waals surface area (Å²) in [5.74, 6) is 3.75. The molecule has 21 heavy (non-hydrogen) atoms. The van der Waals surface area contributed by atoms with Crippen LogP contribution in [-0.2, 0) is 6.42 Å². The highest BCUT2D eigenvalue weighted by Gasteiger charge is 2.49. The van der Waals surface area contributed by atoms with E-state index in [4.69, 9.17) is 4.42 Å². The molecule has 4 bridgehead atoms. The van der Waals surface area contributed by atoms with Gasteiger partial charge in [-0.2, -0.15) is 0 Å². The fourth-order valence-corrected chi connectivity index (χ4v) is 5.49. The largest absolute Gasteiger partial charge is 0.460 e. The maximum Gasteiger partial charge on any atom is 0.134 e. The molecule has 110 valence electrons. The summed E-state index contributed by atoms with van der Waals surface area (Å²) in [6, 6.07) is 9.37. The molecule has 1 aromatic carbocycles. The average Bonchev–Trinajstić information content (AvgIpc) is 2.86. The van der Waals surface area contributed by atoms with Gasteiger partial charge in [-0.3, -0.25) is 4.90 Å². The summed E-state index contributed by atoms with van der Waals surface area (Å²) in [6.07, 6.45) is 5.29. The Morgan fingerprint density at radius 2 is 2.14 bits per heavy atom. The third kappa shape index (κ3) is 1.63. The number of para-hydroxylation sites is 1. The van der Waals surface area contributed by atoms with Gasteiger partial charge in [0.25, 0.3) is 0 Å². The molecule has 2 nitrogen and oxygen atoms in total. The molecule has 1 aliphatic carbocycles. The lowest BCUT2D eigenvalue weighted by Crippen LogP contribution is -2.56. The normalized spacial score (nSPS) is 37.5. The summed E-state index contributed by atoms with van der Waals surface area (Å²) in [7, 11) is 0. The van der Waals surface area contributed by atoms with Crippen molar-refractivity contribution in [2.24, 2.45) is 11.8 Å². The molecule has 1 aromatic heterocycles. The third-order valence-corrected chi connectivity index (χ3v) is 6.27. The molecule has 2 aromatic rings. The Balaban J connectivity index is 1.69. The molecule has 2 saturated heterocycles. The first-order valence-electron chi connectivity index (χ1n) is 8.59. The number of fused-ring (bicyclic) bond motifs is 4. The van der Waals surface area contributed by atoms with Crippen molar-refractivity contribution < 1.29 is 4.42 Å². The summed E-state index contributed by atoms with van der Waals surface area (Å²) in [5.41, 5.74) is 2.62. The van der Waals surface area contributed by atoms with E-state index in [1.807, 2.05) is 0 Å². The quantitative estimate of drug-likeness (QED) is 0.779. The van der Waals surface area contributed by atoms with Crippen LogP contribution in [0.15, 0.2) is 28.7 Å². The Kier molecular flexibility index (Phi) is 2.55.